The number of ether oxygens (including phenoxy) is 1. The standard InChI is InChI=1S/C14H17BrFNO2/c1-2-17(8-10-6-7-19-9-10)14(18)13-11(15)4-3-5-12(13)16/h3-5,10H,2,6-9H2,1H3. The van der Waals surface area contributed by atoms with E-state index in [1.54, 1.807) is 17.0 Å². The molecule has 0 aliphatic carbocycles. The van der Waals surface area contributed by atoms with Crippen LogP contribution < -0.4 is 0 Å². The fourth-order valence-corrected chi connectivity index (χ4v) is 2.77. The number of carbonyl (C=O) groups excluding carboxylic acids is 1. The Balaban J connectivity index is 2.15. The second-order valence-electron chi connectivity index (χ2n) is 4.67. The van der Waals surface area contributed by atoms with Crippen LogP contribution in [0.15, 0.2) is 22.7 Å². The maximum Gasteiger partial charge on any atom is 0.257 e. The molecule has 1 heterocycles. The number of nitrogens with zero attached hydrogens (tertiary/aromatic N) is 1. The first-order valence-electron chi connectivity index (χ1n) is 6.44. The number of halogens is 2. The Kier molecular flexibility index (Phi) is 4.93. The van der Waals surface area contributed by atoms with E-state index in [2.05, 4.69) is 15.9 Å². The molecule has 1 saturated heterocycles. The van der Waals surface area contributed by atoms with Crippen LogP contribution in [-0.4, -0.2) is 37.1 Å². The van der Waals surface area contributed by atoms with Gasteiger partial charge in [-0.2, -0.15) is 0 Å². The van der Waals surface area contributed by atoms with Gasteiger partial charge in [0.15, 0.2) is 0 Å². The lowest BCUT2D eigenvalue weighted by atomic mass is 10.1. The largest absolute Gasteiger partial charge is 0.381 e. The first-order chi connectivity index (χ1) is 9.13. The Labute approximate surface area is 120 Å². The molecule has 0 aromatic heterocycles. The lowest BCUT2D eigenvalue weighted by Crippen LogP contribution is -2.36. The Bertz CT molecular complexity index is 441. The van der Waals surface area contributed by atoms with Crippen molar-refractivity contribution in [2.45, 2.75) is 13.3 Å². The van der Waals surface area contributed by atoms with E-state index in [1.165, 1.54) is 6.07 Å². The van der Waals surface area contributed by atoms with Crippen molar-refractivity contribution >= 4 is 21.8 Å². The maximum absolute atomic E-state index is 13.8. The van der Waals surface area contributed by atoms with Gasteiger partial charge in [-0.25, -0.2) is 4.39 Å². The van der Waals surface area contributed by atoms with E-state index in [0.717, 1.165) is 13.0 Å². The summed E-state index contributed by atoms with van der Waals surface area (Å²) in [5.74, 6) is -0.394. The molecule has 5 heteroatoms. The smallest absolute Gasteiger partial charge is 0.257 e. The van der Waals surface area contributed by atoms with Gasteiger partial charge in [-0.3, -0.25) is 4.79 Å². The van der Waals surface area contributed by atoms with E-state index in [0.29, 0.717) is 30.1 Å². The average Bonchev–Trinajstić information content (AvgIpc) is 2.88. The molecule has 0 radical (unpaired) electrons. The first kappa shape index (κ1) is 14.5. The van der Waals surface area contributed by atoms with Crippen LogP contribution in [0, 0.1) is 11.7 Å². The molecule has 1 fully saturated rings. The van der Waals surface area contributed by atoms with Crippen LogP contribution in [0.4, 0.5) is 4.39 Å². The molecule has 1 aromatic rings. The summed E-state index contributed by atoms with van der Waals surface area (Å²) in [6.07, 6.45) is 0.961. The lowest BCUT2D eigenvalue weighted by molar-refractivity contribution is 0.0725. The van der Waals surface area contributed by atoms with Crippen molar-refractivity contribution in [2.75, 3.05) is 26.3 Å². The summed E-state index contributed by atoms with van der Waals surface area (Å²) in [6.45, 7) is 4.52. The third kappa shape index (κ3) is 3.34. The SMILES string of the molecule is CCN(CC1CCOC1)C(=O)c1c(F)cccc1Br. The fourth-order valence-electron chi connectivity index (χ4n) is 2.25. The van der Waals surface area contributed by atoms with Gasteiger partial charge in [-0.05, 0) is 41.4 Å². The van der Waals surface area contributed by atoms with Gasteiger partial charge < -0.3 is 9.64 Å². The van der Waals surface area contributed by atoms with Gasteiger partial charge >= 0.3 is 0 Å². The molecule has 1 aliphatic heterocycles. The summed E-state index contributed by atoms with van der Waals surface area (Å²) in [6, 6.07) is 4.57. The van der Waals surface area contributed by atoms with Gasteiger partial charge in [0.25, 0.3) is 5.91 Å². The molecule has 0 saturated carbocycles. The number of amides is 1. The van der Waals surface area contributed by atoms with Crippen LogP contribution in [0.5, 0.6) is 0 Å². The molecule has 2 rings (SSSR count). The molecule has 1 aliphatic rings. The predicted molar refractivity (Wildman–Crippen MR) is 74.6 cm³/mol. The molecular weight excluding hydrogens is 313 g/mol. The number of benzene rings is 1. The minimum Gasteiger partial charge on any atom is -0.381 e. The number of carbonyl (C=O) groups is 1. The van der Waals surface area contributed by atoms with Crippen LogP contribution in [0.25, 0.3) is 0 Å². The van der Waals surface area contributed by atoms with E-state index in [-0.39, 0.29) is 11.5 Å². The molecule has 1 aromatic carbocycles. The Hall–Kier alpha value is -0.940. The zero-order valence-corrected chi connectivity index (χ0v) is 12.5. The number of rotatable bonds is 4. The highest BCUT2D eigenvalue weighted by molar-refractivity contribution is 9.10. The number of hydrogen-bond acceptors (Lipinski definition) is 2. The summed E-state index contributed by atoms with van der Waals surface area (Å²) < 4.78 is 19.6. The second-order valence-corrected chi connectivity index (χ2v) is 5.52. The van der Waals surface area contributed by atoms with E-state index in [9.17, 15) is 9.18 Å². The second kappa shape index (κ2) is 6.48. The number of hydrogen-bond donors (Lipinski definition) is 0. The molecule has 0 spiro atoms. The van der Waals surface area contributed by atoms with E-state index in [1.807, 2.05) is 6.92 Å². The van der Waals surface area contributed by atoms with Crippen molar-refractivity contribution < 1.29 is 13.9 Å². The summed E-state index contributed by atoms with van der Waals surface area (Å²) in [5, 5.41) is 0. The average molecular weight is 330 g/mol. The van der Waals surface area contributed by atoms with Crippen LogP contribution in [0.2, 0.25) is 0 Å². The zero-order valence-electron chi connectivity index (χ0n) is 10.9. The normalized spacial score (nSPS) is 18.6. The van der Waals surface area contributed by atoms with Crippen LogP contribution in [-0.2, 0) is 4.74 Å². The molecule has 19 heavy (non-hydrogen) atoms. The molecule has 3 nitrogen and oxygen atoms in total. The molecule has 1 atom stereocenters. The lowest BCUT2D eigenvalue weighted by Gasteiger charge is -2.24. The molecule has 1 unspecified atom stereocenters. The van der Waals surface area contributed by atoms with Gasteiger partial charge in [0.05, 0.1) is 12.2 Å². The Morgan fingerprint density at radius 1 is 1.58 bits per heavy atom. The third-order valence-electron chi connectivity index (χ3n) is 3.35. The minimum absolute atomic E-state index is 0.114. The van der Waals surface area contributed by atoms with Crippen LogP contribution in [0.1, 0.15) is 23.7 Å². The van der Waals surface area contributed by atoms with Crippen molar-refractivity contribution in [1.29, 1.82) is 0 Å². The highest BCUT2D eigenvalue weighted by Gasteiger charge is 2.25. The van der Waals surface area contributed by atoms with E-state index < -0.39 is 5.82 Å². The highest BCUT2D eigenvalue weighted by Crippen LogP contribution is 2.23. The van der Waals surface area contributed by atoms with Crippen molar-refractivity contribution in [3.8, 4) is 0 Å². The van der Waals surface area contributed by atoms with Gasteiger partial charge in [-0.15, -0.1) is 0 Å². The van der Waals surface area contributed by atoms with Crippen molar-refractivity contribution in [1.82, 2.24) is 4.90 Å². The first-order valence-corrected chi connectivity index (χ1v) is 7.23. The fraction of sp³-hybridized carbons (Fsp3) is 0.500. The monoisotopic (exact) mass is 329 g/mol. The summed E-state index contributed by atoms with van der Waals surface area (Å²) in [7, 11) is 0. The predicted octanol–water partition coefficient (Wildman–Crippen LogP) is 3.09. The van der Waals surface area contributed by atoms with Gasteiger partial charge in [0.2, 0.25) is 0 Å². The molecule has 1 amide bonds. The Morgan fingerprint density at radius 3 is 2.95 bits per heavy atom. The van der Waals surface area contributed by atoms with Crippen molar-refractivity contribution in [3.05, 3.63) is 34.1 Å². The van der Waals surface area contributed by atoms with Crippen molar-refractivity contribution in [3.63, 3.8) is 0 Å². The Morgan fingerprint density at radius 2 is 2.37 bits per heavy atom. The molecule has 104 valence electrons. The quantitative estimate of drug-likeness (QED) is 0.849. The zero-order chi connectivity index (χ0) is 13.8. The van der Waals surface area contributed by atoms with Gasteiger partial charge in [0.1, 0.15) is 5.82 Å². The topological polar surface area (TPSA) is 29.5 Å². The summed E-state index contributed by atoms with van der Waals surface area (Å²) >= 11 is 3.25. The summed E-state index contributed by atoms with van der Waals surface area (Å²) in [5.41, 5.74) is 0.114. The highest BCUT2D eigenvalue weighted by atomic mass is 79.9. The van der Waals surface area contributed by atoms with E-state index in [4.69, 9.17) is 4.74 Å². The van der Waals surface area contributed by atoms with Gasteiger partial charge in [0, 0.05) is 30.1 Å². The van der Waals surface area contributed by atoms with Crippen LogP contribution in [0.3, 0.4) is 0 Å². The molecular formula is C14H17BrFNO2. The summed E-state index contributed by atoms with van der Waals surface area (Å²) in [4.78, 5) is 14.1. The molecule has 0 N–H and O–H groups in total. The third-order valence-corrected chi connectivity index (χ3v) is 4.01. The molecule has 0 bridgehead atoms. The van der Waals surface area contributed by atoms with Crippen LogP contribution >= 0.6 is 15.9 Å². The maximum atomic E-state index is 13.8. The van der Waals surface area contributed by atoms with E-state index >= 15 is 0 Å². The minimum atomic E-state index is -0.486. The van der Waals surface area contributed by atoms with Crippen molar-refractivity contribution in [2.24, 2.45) is 5.92 Å². The van der Waals surface area contributed by atoms with Gasteiger partial charge in [-0.1, -0.05) is 6.07 Å².